The molecule has 3 aromatic rings. The first-order chi connectivity index (χ1) is 9.26. The number of nitrogens with zero attached hydrogens (tertiary/aromatic N) is 5. The zero-order valence-electron chi connectivity index (χ0n) is 10.4. The van der Waals surface area contributed by atoms with Crippen LogP contribution in [0.1, 0.15) is 11.7 Å². The number of aryl methyl sites for hydroxylation is 1. The van der Waals surface area contributed by atoms with Crippen molar-refractivity contribution in [1.82, 2.24) is 30.3 Å². The Balaban J connectivity index is 1.88. The van der Waals surface area contributed by atoms with Gasteiger partial charge in [0.2, 0.25) is 11.8 Å². The Hall–Kier alpha value is -2.71. The molecule has 0 aliphatic carbocycles. The summed E-state index contributed by atoms with van der Waals surface area (Å²) in [5, 5.41) is 17.4. The molecule has 3 heterocycles. The lowest BCUT2D eigenvalue weighted by molar-refractivity contribution is 0.388. The molecule has 0 spiro atoms. The Morgan fingerprint density at radius 2 is 2.21 bits per heavy atom. The van der Waals surface area contributed by atoms with Gasteiger partial charge in [-0.05, 0) is 0 Å². The molecule has 3 N–H and O–H groups in total. The van der Waals surface area contributed by atoms with Crippen LogP contribution in [0.3, 0.4) is 0 Å². The van der Waals surface area contributed by atoms with E-state index in [0.29, 0.717) is 35.7 Å². The molecule has 9 nitrogen and oxygen atoms in total. The highest BCUT2D eigenvalue weighted by Gasteiger charge is 2.10. The van der Waals surface area contributed by atoms with Gasteiger partial charge in [0, 0.05) is 14.0 Å². The fraction of sp³-hybridized carbons (Fsp3) is 0.300. The maximum Gasteiger partial charge on any atom is 0.226 e. The van der Waals surface area contributed by atoms with Crippen LogP contribution in [-0.4, -0.2) is 37.4 Å². The van der Waals surface area contributed by atoms with Gasteiger partial charge in [-0.3, -0.25) is 5.10 Å². The number of anilines is 2. The Kier molecular flexibility index (Phi) is 2.71. The second kappa shape index (κ2) is 4.52. The van der Waals surface area contributed by atoms with Crippen LogP contribution in [-0.2, 0) is 6.54 Å². The molecular weight excluding hydrogens is 248 g/mol. The monoisotopic (exact) mass is 260 g/mol. The number of aromatic nitrogens is 6. The molecule has 0 bridgehead atoms. The van der Waals surface area contributed by atoms with Crippen LogP contribution in [0, 0.1) is 6.92 Å². The third kappa shape index (κ3) is 2.17. The standard InChI is InChI=1S/C10H12N8O/c1-5-14-7(18-19-5)4-12-8-6-3-13-17-9(6)16-10(11-2)15-8/h3H,4H2,1-2H3,(H3,11,12,13,15,16,17). The summed E-state index contributed by atoms with van der Waals surface area (Å²) in [5.41, 5.74) is 0.658. The first kappa shape index (κ1) is 11.4. The minimum absolute atomic E-state index is 0.414. The van der Waals surface area contributed by atoms with Gasteiger partial charge in [0.25, 0.3) is 0 Å². The van der Waals surface area contributed by atoms with Crippen molar-refractivity contribution in [2.45, 2.75) is 13.5 Å². The van der Waals surface area contributed by atoms with E-state index in [1.807, 2.05) is 0 Å². The predicted octanol–water partition coefficient (Wildman–Crippen LogP) is 0.698. The summed E-state index contributed by atoms with van der Waals surface area (Å²) in [4.78, 5) is 12.7. The average molecular weight is 260 g/mol. The quantitative estimate of drug-likeness (QED) is 0.627. The fourth-order valence-corrected chi connectivity index (χ4v) is 1.66. The summed E-state index contributed by atoms with van der Waals surface area (Å²) in [7, 11) is 1.75. The number of nitrogens with one attached hydrogen (secondary N) is 3. The lowest BCUT2D eigenvalue weighted by Crippen LogP contribution is -2.06. The maximum absolute atomic E-state index is 4.91. The molecule has 0 fully saturated rings. The summed E-state index contributed by atoms with van der Waals surface area (Å²) in [5.74, 6) is 2.26. The van der Waals surface area contributed by atoms with Gasteiger partial charge in [-0.25, -0.2) is 0 Å². The molecule has 0 atom stereocenters. The molecule has 0 saturated carbocycles. The largest absolute Gasteiger partial charge is 0.362 e. The van der Waals surface area contributed by atoms with E-state index < -0.39 is 0 Å². The van der Waals surface area contributed by atoms with E-state index >= 15 is 0 Å². The van der Waals surface area contributed by atoms with Crippen molar-refractivity contribution in [2.24, 2.45) is 0 Å². The van der Waals surface area contributed by atoms with E-state index in [0.717, 1.165) is 5.39 Å². The Labute approximate surface area is 107 Å². The van der Waals surface area contributed by atoms with Gasteiger partial charge in [-0.2, -0.15) is 20.1 Å². The van der Waals surface area contributed by atoms with Crippen molar-refractivity contribution < 1.29 is 4.52 Å². The van der Waals surface area contributed by atoms with E-state index in [2.05, 4.69) is 40.9 Å². The van der Waals surface area contributed by atoms with E-state index in [-0.39, 0.29) is 0 Å². The van der Waals surface area contributed by atoms with Crippen LogP contribution in [0.4, 0.5) is 11.8 Å². The third-order valence-corrected chi connectivity index (χ3v) is 2.52. The first-order valence-corrected chi connectivity index (χ1v) is 5.68. The topological polar surface area (TPSA) is 117 Å². The van der Waals surface area contributed by atoms with Crippen LogP contribution >= 0.6 is 0 Å². The van der Waals surface area contributed by atoms with E-state index in [1.54, 1.807) is 20.2 Å². The zero-order chi connectivity index (χ0) is 13.2. The van der Waals surface area contributed by atoms with Crippen LogP contribution in [0.25, 0.3) is 11.0 Å². The summed E-state index contributed by atoms with van der Waals surface area (Å²) >= 11 is 0. The molecule has 3 aromatic heterocycles. The van der Waals surface area contributed by atoms with Crippen molar-refractivity contribution >= 4 is 22.8 Å². The molecule has 0 amide bonds. The Bertz CT molecular complexity index is 702. The molecule has 0 aliphatic heterocycles. The van der Waals surface area contributed by atoms with Crippen molar-refractivity contribution in [3.05, 3.63) is 17.9 Å². The molecule has 0 aliphatic rings. The number of fused-ring (bicyclic) bond motifs is 1. The molecule has 0 unspecified atom stereocenters. The number of aromatic amines is 1. The van der Waals surface area contributed by atoms with Crippen LogP contribution in [0.15, 0.2) is 10.7 Å². The van der Waals surface area contributed by atoms with E-state index in [4.69, 9.17) is 4.52 Å². The predicted molar refractivity (Wildman–Crippen MR) is 67.6 cm³/mol. The van der Waals surface area contributed by atoms with Crippen LogP contribution in [0.2, 0.25) is 0 Å². The minimum Gasteiger partial charge on any atom is -0.362 e. The lowest BCUT2D eigenvalue weighted by Gasteiger charge is -2.05. The first-order valence-electron chi connectivity index (χ1n) is 5.68. The van der Waals surface area contributed by atoms with Crippen molar-refractivity contribution in [2.75, 3.05) is 17.7 Å². The van der Waals surface area contributed by atoms with E-state index in [1.165, 1.54) is 0 Å². The molecule has 3 rings (SSSR count). The highest BCUT2D eigenvalue weighted by atomic mass is 16.5. The number of rotatable bonds is 4. The summed E-state index contributed by atoms with van der Waals surface area (Å²) < 4.78 is 4.91. The molecule has 19 heavy (non-hydrogen) atoms. The molecule has 0 aromatic carbocycles. The maximum atomic E-state index is 4.91. The van der Waals surface area contributed by atoms with Crippen molar-refractivity contribution in [3.63, 3.8) is 0 Å². The zero-order valence-corrected chi connectivity index (χ0v) is 10.4. The second-order valence-electron chi connectivity index (χ2n) is 3.86. The summed E-state index contributed by atoms with van der Waals surface area (Å²) in [6.07, 6.45) is 1.67. The molecular formula is C10H12N8O. The van der Waals surface area contributed by atoms with Crippen molar-refractivity contribution in [3.8, 4) is 0 Å². The summed E-state index contributed by atoms with van der Waals surface area (Å²) in [6.45, 7) is 2.16. The van der Waals surface area contributed by atoms with E-state index in [9.17, 15) is 0 Å². The normalized spacial score (nSPS) is 10.8. The Morgan fingerprint density at radius 3 is 2.95 bits per heavy atom. The number of H-pyrrole nitrogens is 1. The average Bonchev–Trinajstić information content (AvgIpc) is 3.04. The SMILES string of the molecule is CNc1nc(NCc2noc(C)n2)c2cn[nH]c2n1. The second-order valence-corrected chi connectivity index (χ2v) is 3.86. The van der Waals surface area contributed by atoms with Gasteiger partial charge in [0.05, 0.1) is 18.1 Å². The number of hydrogen-bond donors (Lipinski definition) is 3. The minimum atomic E-state index is 0.414. The molecule has 0 radical (unpaired) electrons. The Morgan fingerprint density at radius 1 is 1.32 bits per heavy atom. The fourth-order valence-electron chi connectivity index (χ4n) is 1.66. The van der Waals surface area contributed by atoms with Gasteiger partial charge in [0.15, 0.2) is 11.5 Å². The number of hydrogen-bond acceptors (Lipinski definition) is 8. The third-order valence-electron chi connectivity index (χ3n) is 2.52. The summed E-state index contributed by atoms with van der Waals surface area (Å²) in [6, 6.07) is 0. The van der Waals surface area contributed by atoms with Gasteiger partial charge < -0.3 is 15.2 Å². The van der Waals surface area contributed by atoms with Gasteiger partial charge in [-0.15, -0.1) is 0 Å². The van der Waals surface area contributed by atoms with Gasteiger partial charge in [0.1, 0.15) is 5.82 Å². The highest BCUT2D eigenvalue weighted by Crippen LogP contribution is 2.19. The van der Waals surface area contributed by atoms with Crippen LogP contribution < -0.4 is 10.6 Å². The molecule has 0 saturated heterocycles. The van der Waals surface area contributed by atoms with Crippen molar-refractivity contribution in [1.29, 1.82) is 0 Å². The van der Waals surface area contributed by atoms with Crippen LogP contribution in [0.5, 0.6) is 0 Å². The smallest absolute Gasteiger partial charge is 0.226 e. The van der Waals surface area contributed by atoms with Gasteiger partial charge in [-0.1, -0.05) is 5.16 Å². The van der Waals surface area contributed by atoms with Gasteiger partial charge >= 0.3 is 0 Å². The molecule has 98 valence electrons. The lowest BCUT2D eigenvalue weighted by atomic mass is 10.4. The molecule has 9 heteroatoms. The highest BCUT2D eigenvalue weighted by molar-refractivity contribution is 5.86.